The summed E-state index contributed by atoms with van der Waals surface area (Å²) in [4.78, 5) is 15.3. The lowest BCUT2D eigenvalue weighted by Crippen LogP contribution is -2.86. The van der Waals surface area contributed by atoms with E-state index in [0.29, 0.717) is 23.0 Å². The van der Waals surface area contributed by atoms with Crippen molar-refractivity contribution in [3.8, 4) is 0 Å². The Morgan fingerprint density at radius 3 is 2.81 bits per heavy atom. The maximum Gasteiger partial charge on any atom is 0.342 e. The second-order valence-electron chi connectivity index (χ2n) is 7.66. The topological polar surface area (TPSA) is 34.5 Å². The highest BCUT2D eigenvalue weighted by atomic mass is 35.5. The summed E-state index contributed by atoms with van der Waals surface area (Å²) in [5.41, 5.74) is 0.851. The van der Waals surface area contributed by atoms with Gasteiger partial charge in [-0.25, -0.2) is 13.6 Å². The van der Waals surface area contributed by atoms with Crippen LogP contribution in [0.25, 0.3) is 10.9 Å². The number of likely N-dealkylation sites (tertiary alicyclic amines) is 1. The summed E-state index contributed by atoms with van der Waals surface area (Å²) in [5.74, 6) is -0.503. The molecule has 4 atom stereocenters. The molecule has 0 radical (unpaired) electrons. The van der Waals surface area contributed by atoms with E-state index in [9.17, 15) is 13.6 Å². The Morgan fingerprint density at radius 2 is 2.15 bits per heavy atom. The summed E-state index contributed by atoms with van der Waals surface area (Å²) < 4.78 is 33.0. The lowest BCUT2D eigenvalue weighted by atomic mass is 9.41. The molecule has 3 fully saturated rings. The van der Waals surface area contributed by atoms with Gasteiger partial charge in [-0.15, -0.1) is 0 Å². The number of aromatic nitrogens is 1. The van der Waals surface area contributed by atoms with E-state index in [-0.39, 0.29) is 22.2 Å². The van der Waals surface area contributed by atoms with Crippen molar-refractivity contribution in [3.63, 3.8) is 0 Å². The number of piperidine rings is 2. The van der Waals surface area contributed by atoms with Gasteiger partial charge in [-0.1, -0.05) is 29.8 Å². The fraction of sp³-hybridized carbons (Fsp3) is 0.526. The highest BCUT2D eigenvalue weighted by Crippen LogP contribution is 2.68. The second-order valence-corrected chi connectivity index (χ2v) is 8.02. The van der Waals surface area contributed by atoms with E-state index in [1.165, 1.54) is 4.57 Å². The minimum absolute atomic E-state index is 0.0285. The molecule has 2 aliphatic carbocycles. The van der Waals surface area contributed by atoms with Gasteiger partial charge in [-0.3, -0.25) is 4.90 Å². The van der Waals surface area contributed by atoms with Crippen molar-refractivity contribution in [1.29, 1.82) is 0 Å². The summed E-state index contributed by atoms with van der Waals surface area (Å²) in [6.07, 6.45) is 0.426. The molecule has 1 saturated heterocycles. The number of carbonyl (C=O) groups is 1. The van der Waals surface area contributed by atoms with E-state index in [1.807, 2.05) is 0 Å². The first kappa shape index (κ1) is 16.5. The normalized spacial score (nSPS) is 32.4. The zero-order valence-electron chi connectivity index (χ0n) is 14.3. The second kappa shape index (κ2) is 5.42. The van der Waals surface area contributed by atoms with Crippen molar-refractivity contribution in [1.82, 2.24) is 9.47 Å². The van der Waals surface area contributed by atoms with Crippen molar-refractivity contribution in [2.45, 2.75) is 50.4 Å². The molecule has 1 spiro atoms. The van der Waals surface area contributed by atoms with Crippen LogP contribution in [-0.2, 0) is 11.3 Å². The SMILES string of the molecule is CN1C2CCC23C(OC(=O)c2c(Cl)n(CC(F)F)c4ccccc24)CC13. The summed E-state index contributed by atoms with van der Waals surface area (Å²) in [6, 6.07) is 7.95. The van der Waals surface area contributed by atoms with Gasteiger partial charge < -0.3 is 9.30 Å². The highest BCUT2D eigenvalue weighted by molar-refractivity contribution is 6.35. The molecule has 2 saturated carbocycles. The number of rotatable bonds is 4. The van der Waals surface area contributed by atoms with E-state index >= 15 is 0 Å². The van der Waals surface area contributed by atoms with E-state index in [4.69, 9.17) is 16.3 Å². The Morgan fingerprint density at radius 1 is 1.38 bits per heavy atom. The molecular formula is C19H19ClF2N2O2. The predicted octanol–water partition coefficient (Wildman–Crippen LogP) is 3.95. The molecule has 4 unspecified atom stereocenters. The number of halogens is 3. The van der Waals surface area contributed by atoms with E-state index < -0.39 is 18.9 Å². The van der Waals surface area contributed by atoms with E-state index in [2.05, 4.69) is 11.9 Å². The third kappa shape index (κ3) is 1.89. The fourth-order valence-corrected chi connectivity index (χ4v) is 5.80. The zero-order valence-corrected chi connectivity index (χ0v) is 15.0. The third-order valence-electron chi connectivity index (χ3n) is 6.79. The van der Waals surface area contributed by atoms with Crippen molar-refractivity contribution in [2.24, 2.45) is 5.41 Å². The Kier molecular flexibility index (Phi) is 3.44. The van der Waals surface area contributed by atoms with Crippen LogP contribution < -0.4 is 0 Å². The van der Waals surface area contributed by atoms with Crippen molar-refractivity contribution < 1.29 is 18.3 Å². The Hall–Kier alpha value is -1.66. The number of para-hydroxylation sites is 1. The van der Waals surface area contributed by atoms with Gasteiger partial charge in [0.1, 0.15) is 16.8 Å². The van der Waals surface area contributed by atoms with Crippen LogP contribution in [0.15, 0.2) is 24.3 Å². The first-order valence-corrected chi connectivity index (χ1v) is 9.30. The number of carbonyl (C=O) groups excluding carboxylic acids is 1. The third-order valence-corrected chi connectivity index (χ3v) is 7.19. The Balaban J connectivity index is 1.46. The number of ether oxygens (including phenoxy) is 1. The van der Waals surface area contributed by atoms with Crippen LogP contribution in [0.3, 0.4) is 0 Å². The molecule has 0 N–H and O–H groups in total. The molecule has 1 aromatic heterocycles. The largest absolute Gasteiger partial charge is 0.458 e. The molecule has 7 heteroatoms. The molecule has 1 aromatic carbocycles. The average molecular weight is 381 g/mol. The summed E-state index contributed by atoms with van der Waals surface area (Å²) in [6.45, 7) is -0.547. The fourth-order valence-electron chi connectivity index (χ4n) is 5.46. The van der Waals surface area contributed by atoms with Gasteiger partial charge in [-0.05, 0) is 26.0 Å². The number of esters is 1. The van der Waals surface area contributed by atoms with Gasteiger partial charge in [0.2, 0.25) is 0 Å². The summed E-state index contributed by atoms with van der Waals surface area (Å²) >= 11 is 6.34. The first-order valence-electron chi connectivity index (χ1n) is 8.93. The number of hydrogen-bond donors (Lipinski definition) is 0. The van der Waals surface area contributed by atoms with Gasteiger partial charge in [0.15, 0.2) is 0 Å². The minimum Gasteiger partial charge on any atom is -0.458 e. The molecule has 138 valence electrons. The summed E-state index contributed by atoms with van der Waals surface area (Å²) in [7, 11) is 2.12. The average Bonchev–Trinajstić information content (AvgIpc) is 2.81. The van der Waals surface area contributed by atoms with Crippen LogP contribution in [-0.4, -0.2) is 47.1 Å². The number of nitrogens with zero attached hydrogens (tertiary/aromatic N) is 2. The summed E-state index contributed by atoms with van der Waals surface area (Å²) in [5, 5.41) is 0.591. The van der Waals surface area contributed by atoms with Crippen LogP contribution >= 0.6 is 11.6 Å². The first-order chi connectivity index (χ1) is 12.4. The Bertz CT molecular complexity index is 906. The molecule has 2 aromatic rings. The maximum absolute atomic E-state index is 13.0. The number of fused-ring (bicyclic) bond motifs is 1. The lowest BCUT2D eigenvalue weighted by Gasteiger charge is -2.78. The molecule has 4 nitrogen and oxygen atoms in total. The molecule has 3 aliphatic rings. The minimum atomic E-state index is -2.56. The van der Waals surface area contributed by atoms with Crippen LogP contribution in [0.5, 0.6) is 0 Å². The van der Waals surface area contributed by atoms with Gasteiger partial charge in [0, 0.05) is 29.3 Å². The quantitative estimate of drug-likeness (QED) is 0.753. The Labute approximate surface area is 154 Å². The number of alkyl halides is 2. The van der Waals surface area contributed by atoms with Crippen LogP contribution in [0.2, 0.25) is 5.15 Å². The van der Waals surface area contributed by atoms with Crippen LogP contribution in [0.1, 0.15) is 29.6 Å². The monoisotopic (exact) mass is 380 g/mol. The molecule has 26 heavy (non-hydrogen) atoms. The number of benzene rings is 1. The van der Waals surface area contributed by atoms with Gasteiger partial charge in [-0.2, -0.15) is 0 Å². The van der Waals surface area contributed by atoms with Crippen molar-refractivity contribution in [2.75, 3.05) is 7.05 Å². The van der Waals surface area contributed by atoms with Gasteiger partial charge in [0.25, 0.3) is 6.43 Å². The predicted molar refractivity (Wildman–Crippen MR) is 93.8 cm³/mol. The maximum atomic E-state index is 13.0. The highest BCUT2D eigenvalue weighted by Gasteiger charge is 2.75. The van der Waals surface area contributed by atoms with Crippen molar-refractivity contribution in [3.05, 3.63) is 35.0 Å². The van der Waals surface area contributed by atoms with Crippen molar-refractivity contribution >= 4 is 28.5 Å². The smallest absolute Gasteiger partial charge is 0.342 e. The molecule has 0 bridgehead atoms. The van der Waals surface area contributed by atoms with E-state index in [1.54, 1.807) is 24.3 Å². The number of hydrogen-bond acceptors (Lipinski definition) is 3. The standard InChI is InChI=1S/C19H19ClF2N2O2/c1-23-12-6-7-19(12)13(23)8-14(19)26-18(25)16-10-4-2-3-5-11(10)24(17(16)20)9-15(21)22/h2-5,12-15H,6-9H2,1H3. The van der Waals surface area contributed by atoms with Crippen LogP contribution in [0.4, 0.5) is 8.78 Å². The van der Waals surface area contributed by atoms with E-state index in [0.717, 1.165) is 19.3 Å². The zero-order chi connectivity index (χ0) is 18.2. The van der Waals surface area contributed by atoms with Gasteiger partial charge in [0.05, 0.1) is 12.1 Å². The molecule has 5 rings (SSSR count). The molecule has 2 heterocycles. The molecule has 1 aliphatic heterocycles. The van der Waals surface area contributed by atoms with Gasteiger partial charge >= 0.3 is 5.97 Å². The molecule has 0 amide bonds. The lowest BCUT2D eigenvalue weighted by molar-refractivity contribution is -0.310. The van der Waals surface area contributed by atoms with Crippen LogP contribution in [0, 0.1) is 5.41 Å². The molecular weight excluding hydrogens is 362 g/mol.